The van der Waals surface area contributed by atoms with Crippen molar-refractivity contribution < 1.29 is 39.6 Å². The molecule has 0 bridgehead atoms. The second-order valence-corrected chi connectivity index (χ2v) is 3.56. The van der Waals surface area contributed by atoms with Crippen LogP contribution in [0.1, 0.15) is 0 Å². The number of hydrogen-bond donors (Lipinski definition) is 4. The summed E-state index contributed by atoms with van der Waals surface area (Å²) in [6, 6.07) is 0. The first-order valence-corrected chi connectivity index (χ1v) is 4.57. The molecule has 4 N–H and O–H groups in total. The molecule has 1 aliphatic rings. The first-order chi connectivity index (χ1) is 8.23. The lowest BCUT2D eigenvalue weighted by Gasteiger charge is -2.28. The summed E-state index contributed by atoms with van der Waals surface area (Å²) in [5, 5.41) is 35.4. The SMILES string of the molecule is O=C(O)C1=CC(C(=O)O)C(C(=O)O)(C(=O)O)C=C1. The third kappa shape index (κ3) is 1.83. The van der Waals surface area contributed by atoms with Crippen LogP contribution in [0.2, 0.25) is 0 Å². The molecule has 0 radical (unpaired) electrons. The maximum Gasteiger partial charge on any atom is 0.335 e. The first-order valence-electron chi connectivity index (χ1n) is 4.57. The van der Waals surface area contributed by atoms with Crippen molar-refractivity contribution in [2.75, 3.05) is 0 Å². The molecule has 8 nitrogen and oxygen atoms in total. The van der Waals surface area contributed by atoms with Crippen molar-refractivity contribution in [3.63, 3.8) is 0 Å². The molecule has 1 rings (SSSR count). The number of carboxylic acids is 4. The van der Waals surface area contributed by atoms with Crippen molar-refractivity contribution in [1.29, 1.82) is 0 Å². The zero-order valence-electron chi connectivity index (χ0n) is 8.73. The minimum absolute atomic E-state index is 0.472. The fraction of sp³-hybridized carbons (Fsp3) is 0.200. The quantitative estimate of drug-likeness (QED) is 0.488. The number of carboxylic acid groups (broad SMARTS) is 4. The average Bonchev–Trinajstić information content (AvgIpc) is 2.26. The highest BCUT2D eigenvalue weighted by Gasteiger charge is 2.55. The van der Waals surface area contributed by atoms with Crippen molar-refractivity contribution >= 4 is 23.9 Å². The van der Waals surface area contributed by atoms with Gasteiger partial charge in [-0.1, -0.05) is 18.2 Å². The van der Waals surface area contributed by atoms with Crippen LogP contribution < -0.4 is 0 Å². The average molecular weight is 256 g/mol. The van der Waals surface area contributed by atoms with Crippen molar-refractivity contribution in [3.05, 3.63) is 23.8 Å². The lowest BCUT2D eigenvalue weighted by Crippen LogP contribution is -2.48. The summed E-state index contributed by atoms with van der Waals surface area (Å²) >= 11 is 0. The molecule has 0 aromatic heterocycles. The standard InChI is InChI=1S/C10H8O8/c11-6(12)4-1-2-10(8(15)16,9(17)18)5(3-4)7(13)14/h1-3,5H,(H,11,12)(H,13,14)(H,15,16)(H,17,18). The predicted octanol–water partition coefficient (Wildman–Crippen LogP) is -0.576. The van der Waals surface area contributed by atoms with Gasteiger partial charge in [0.2, 0.25) is 0 Å². The lowest BCUT2D eigenvalue weighted by molar-refractivity contribution is -0.169. The number of rotatable bonds is 4. The van der Waals surface area contributed by atoms with E-state index in [2.05, 4.69) is 0 Å². The molecular formula is C10H8O8. The van der Waals surface area contributed by atoms with Gasteiger partial charge >= 0.3 is 23.9 Å². The Balaban J connectivity index is 3.44. The van der Waals surface area contributed by atoms with E-state index >= 15 is 0 Å². The highest BCUT2D eigenvalue weighted by molar-refractivity contribution is 6.07. The summed E-state index contributed by atoms with van der Waals surface area (Å²) in [5.41, 5.74) is -3.18. The summed E-state index contributed by atoms with van der Waals surface area (Å²) < 4.78 is 0. The van der Waals surface area contributed by atoms with Crippen molar-refractivity contribution in [1.82, 2.24) is 0 Å². The van der Waals surface area contributed by atoms with E-state index in [9.17, 15) is 19.2 Å². The number of aliphatic carboxylic acids is 4. The largest absolute Gasteiger partial charge is 0.481 e. The third-order valence-electron chi connectivity index (χ3n) is 2.58. The molecule has 0 heterocycles. The van der Waals surface area contributed by atoms with E-state index in [1.807, 2.05) is 0 Å². The molecule has 18 heavy (non-hydrogen) atoms. The fourth-order valence-corrected chi connectivity index (χ4v) is 1.60. The molecule has 0 amide bonds. The van der Waals surface area contributed by atoms with Crippen LogP contribution in [-0.2, 0) is 19.2 Å². The van der Waals surface area contributed by atoms with E-state index in [4.69, 9.17) is 20.4 Å². The van der Waals surface area contributed by atoms with E-state index in [0.29, 0.717) is 12.2 Å². The Morgan fingerprint density at radius 3 is 1.83 bits per heavy atom. The second kappa shape index (κ2) is 4.32. The summed E-state index contributed by atoms with van der Waals surface area (Å²) in [6.07, 6.45) is 1.94. The highest BCUT2D eigenvalue weighted by Crippen LogP contribution is 2.36. The molecule has 1 aliphatic carbocycles. The molecule has 0 saturated carbocycles. The van der Waals surface area contributed by atoms with Gasteiger partial charge < -0.3 is 20.4 Å². The van der Waals surface area contributed by atoms with Gasteiger partial charge in [0.15, 0.2) is 5.41 Å². The van der Waals surface area contributed by atoms with Crippen LogP contribution in [0.3, 0.4) is 0 Å². The predicted molar refractivity (Wildman–Crippen MR) is 53.7 cm³/mol. The summed E-state index contributed by atoms with van der Waals surface area (Å²) in [4.78, 5) is 43.7. The van der Waals surface area contributed by atoms with Gasteiger partial charge in [0.05, 0.1) is 5.57 Å². The molecular weight excluding hydrogens is 248 g/mol. The smallest absolute Gasteiger partial charge is 0.335 e. The minimum Gasteiger partial charge on any atom is -0.481 e. The summed E-state index contributed by atoms with van der Waals surface area (Å²) in [7, 11) is 0. The Labute approximate surface area is 99.5 Å². The zero-order chi connectivity index (χ0) is 14.1. The van der Waals surface area contributed by atoms with Gasteiger partial charge in [0, 0.05) is 0 Å². The Kier molecular flexibility index (Phi) is 3.22. The second-order valence-electron chi connectivity index (χ2n) is 3.56. The number of carbonyl (C=O) groups is 4. The van der Waals surface area contributed by atoms with E-state index in [1.165, 1.54) is 0 Å². The van der Waals surface area contributed by atoms with Gasteiger partial charge in [0.25, 0.3) is 0 Å². The van der Waals surface area contributed by atoms with Crippen LogP contribution in [-0.4, -0.2) is 44.3 Å². The highest BCUT2D eigenvalue weighted by atomic mass is 16.4. The molecule has 96 valence electrons. The Morgan fingerprint density at radius 2 is 1.50 bits per heavy atom. The Bertz CT molecular complexity index is 484. The van der Waals surface area contributed by atoms with Gasteiger partial charge in [0.1, 0.15) is 5.92 Å². The monoisotopic (exact) mass is 256 g/mol. The van der Waals surface area contributed by atoms with Crippen molar-refractivity contribution in [3.8, 4) is 0 Å². The summed E-state index contributed by atoms with van der Waals surface area (Å²) in [6.45, 7) is 0. The van der Waals surface area contributed by atoms with Crippen LogP contribution in [0, 0.1) is 11.3 Å². The molecule has 0 fully saturated rings. The summed E-state index contributed by atoms with van der Waals surface area (Å²) in [5.74, 6) is -8.95. The van der Waals surface area contributed by atoms with Gasteiger partial charge in [-0.2, -0.15) is 0 Å². The van der Waals surface area contributed by atoms with Crippen molar-refractivity contribution in [2.45, 2.75) is 0 Å². The maximum atomic E-state index is 11.0. The van der Waals surface area contributed by atoms with Crippen LogP contribution in [0.15, 0.2) is 23.8 Å². The lowest BCUT2D eigenvalue weighted by atomic mass is 9.71. The normalized spacial score (nSPS) is 20.9. The van der Waals surface area contributed by atoms with Gasteiger partial charge in [-0.25, -0.2) is 4.79 Å². The number of hydrogen-bond acceptors (Lipinski definition) is 4. The van der Waals surface area contributed by atoms with Crippen molar-refractivity contribution in [2.24, 2.45) is 11.3 Å². The topological polar surface area (TPSA) is 149 Å². The van der Waals surface area contributed by atoms with Gasteiger partial charge in [-0.05, 0) is 0 Å². The maximum absolute atomic E-state index is 11.0. The Morgan fingerprint density at radius 1 is 1.00 bits per heavy atom. The van der Waals surface area contributed by atoms with Crippen LogP contribution in [0.25, 0.3) is 0 Å². The molecule has 0 aliphatic heterocycles. The van der Waals surface area contributed by atoms with E-state index in [1.54, 1.807) is 0 Å². The van der Waals surface area contributed by atoms with Gasteiger partial charge in [-0.15, -0.1) is 0 Å². The molecule has 8 heteroatoms. The Hall–Kier alpha value is -2.64. The third-order valence-corrected chi connectivity index (χ3v) is 2.58. The zero-order valence-corrected chi connectivity index (χ0v) is 8.73. The van der Waals surface area contributed by atoms with E-state index in [-0.39, 0.29) is 0 Å². The van der Waals surface area contributed by atoms with Crippen LogP contribution >= 0.6 is 0 Å². The minimum atomic E-state index is -2.70. The van der Waals surface area contributed by atoms with Crippen LogP contribution in [0.5, 0.6) is 0 Å². The van der Waals surface area contributed by atoms with Gasteiger partial charge in [-0.3, -0.25) is 14.4 Å². The molecule has 1 atom stereocenters. The van der Waals surface area contributed by atoms with E-state index in [0.717, 1.165) is 6.08 Å². The first kappa shape index (κ1) is 13.4. The van der Waals surface area contributed by atoms with Crippen LogP contribution in [0.4, 0.5) is 0 Å². The molecule has 1 unspecified atom stereocenters. The molecule has 0 aromatic carbocycles. The molecule has 0 aromatic rings. The molecule has 0 saturated heterocycles. The fourth-order valence-electron chi connectivity index (χ4n) is 1.60. The van der Waals surface area contributed by atoms with E-state index < -0.39 is 40.8 Å². The molecule has 0 spiro atoms.